The molecular weight excluding hydrogens is 300 g/mol. The van der Waals surface area contributed by atoms with Gasteiger partial charge in [0.05, 0.1) is 17.0 Å². The van der Waals surface area contributed by atoms with Crippen molar-refractivity contribution >= 4 is 11.4 Å². The van der Waals surface area contributed by atoms with Crippen molar-refractivity contribution in [1.29, 1.82) is 0 Å². The van der Waals surface area contributed by atoms with Gasteiger partial charge in [-0.05, 0) is 37.0 Å². The minimum atomic E-state index is -0.631. The fourth-order valence-corrected chi connectivity index (χ4v) is 3.15. The molecule has 1 unspecified atom stereocenters. The summed E-state index contributed by atoms with van der Waals surface area (Å²) in [6, 6.07) is 5.23. The molecule has 23 heavy (non-hydrogen) atoms. The summed E-state index contributed by atoms with van der Waals surface area (Å²) in [6.45, 7) is 1.85. The van der Waals surface area contributed by atoms with Crippen molar-refractivity contribution in [2.75, 3.05) is 0 Å². The highest BCUT2D eigenvalue weighted by atomic mass is 19.1. The van der Waals surface area contributed by atoms with Gasteiger partial charge in [0.25, 0.3) is 0 Å². The Bertz CT molecular complexity index is 928. The molecule has 116 valence electrons. The number of carbonyl (C=O) groups excluding carboxylic acids is 1. The van der Waals surface area contributed by atoms with E-state index in [1.807, 2.05) is 13.0 Å². The maximum absolute atomic E-state index is 13.4. The molecular formula is C17H13F2N3O. The van der Waals surface area contributed by atoms with Gasteiger partial charge in [-0.1, -0.05) is 0 Å². The number of hydrogen-bond donors (Lipinski definition) is 0. The molecule has 0 N–H and O–H groups in total. The number of ketones is 1. The first-order valence-corrected chi connectivity index (χ1v) is 7.35. The summed E-state index contributed by atoms with van der Waals surface area (Å²) < 4.78 is 28.5. The number of halogens is 2. The molecule has 2 aromatic heterocycles. The van der Waals surface area contributed by atoms with E-state index in [4.69, 9.17) is 0 Å². The molecule has 0 amide bonds. The van der Waals surface area contributed by atoms with Crippen LogP contribution in [0.25, 0.3) is 5.65 Å². The lowest BCUT2D eigenvalue weighted by atomic mass is 9.82. The van der Waals surface area contributed by atoms with E-state index in [0.717, 1.165) is 11.8 Å². The second-order valence-corrected chi connectivity index (χ2v) is 5.92. The standard InChI is InChI=1S/C17H13F2N3O/c1-9-2-17-20-15-5-11(10-3-12(18)7-13(19)4-10)6-16(23)14(15)8-22(17)21-9/h2-4,7-8,11H,5-6H2,1H3. The van der Waals surface area contributed by atoms with E-state index in [0.29, 0.717) is 28.9 Å². The third kappa shape index (κ3) is 2.40. The zero-order chi connectivity index (χ0) is 16.1. The number of nitrogens with zero attached hydrogens (tertiary/aromatic N) is 3. The number of hydrogen-bond acceptors (Lipinski definition) is 3. The van der Waals surface area contributed by atoms with Gasteiger partial charge >= 0.3 is 0 Å². The van der Waals surface area contributed by atoms with Crippen molar-refractivity contribution in [2.45, 2.75) is 25.7 Å². The van der Waals surface area contributed by atoms with E-state index >= 15 is 0 Å². The molecule has 1 atom stereocenters. The highest BCUT2D eigenvalue weighted by Crippen LogP contribution is 2.32. The summed E-state index contributed by atoms with van der Waals surface area (Å²) in [7, 11) is 0. The number of rotatable bonds is 1. The summed E-state index contributed by atoms with van der Waals surface area (Å²) in [6.07, 6.45) is 2.38. The summed E-state index contributed by atoms with van der Waals surface area (Å²) in [5.41, 5.74) is 3.17. The number of Topliss-reactive ketones (excluding diaryl/α,β-unsaturated/α-hetero) is 1. The van der Waals surface area contributed by atoms with E-state index in [1.165, 1.54) is 12.1 Å². The van der Waals surface area contributed by atoms with Crippen LogP contribution >= 0.6 is 0 Å². The predicted octanol–water partition coefficient (Wildman–Crippen LogP) is 3.23. The van der Waals surface area contributed by atoms with Crippen LogP contribution in [0.15, 0.2) is 30.5 Å². The molecule has 3 aromatic rings. The van der Waals surface area contributed by atoms with Crippen molar-refractivity contribution in [3.63, 3.8) is 0 Å². The largest absolute Gasteiger partial charge is 0.294 e. The van der Waals surface area contributed by atoms with Gasteiger partial charge in [0.2, 0.25) is 0 Å². The first-order valence-electron chi connectivity index (χ1n) is 7.35. The third-order valence-corrected chi connectivity index (χ3v) is 4.18. The summed E-state index contributed by atoms with van der Waals surface area (Å²) in [4.78, 5) is 16.9. The van der Waals surface area contributed by atoms with Crippen LogP contribution in [0.1, 0.15) is 39.6 Å². The minimum absolute atomic E-state index is 0.0801. The molecule has 1 aliphatic rings. The Morgan fingerprint density at radius 1 is 1.13 bits per heavy atom. The number of carbonyl (C=O) groups is 1. The van der Waals surface area contributed by atoms with Crippen LogP contribution in [0, 0.1) is 18.6 Å². The molecule has 0 radical (unpaired) electrons. The van der Waals surface area contributed by atoms with Crippen LogP contribution in [0.3, 0.4) is 0 Å². The molecule has 0 saturated carbocycles. The molecule has 0 spiro atoms. The normalized spacial score (nSPS) is 17.5. The van der Waals surface area contributed by atoms with Crippen molar-refractivity contribution in [2.24, 2.45) is 0 Å². The lowest BCUT2D eigenvalue weighted by Gasteiger charge is -2.23. The van der Waals surface area contributed by atoms with Crippen LogP contribution in [0.2, 0.25) is 0 Å². The van der Waals surface area contributed by atoms with Crippen molar-refractivity contribution in [1.82, 2.24) is 14.6 Å². The predicted molar refractivity (Wildman–Crippen MR) is 79.5 cm³/mol. The Morgan fingerprint density at radius 3 is 2.61 bits per heavy atom. The maximum atomic E-state index is 13.4. The van der Waals surface area contributed by atoms with Gasteiger partial charge in [0, 0.05) is 24.8 Å². The Balaban J connectivity index is 1.78. The summed E-state index contributed by atoms with van der Waals surface area (Å²) >= 11 is 0. The number of benzene rings is 1. The minimum Gasteiger partial charge on any atom is -0.294 e. The molecule has 0 bridgehead atoms. The lowest BCUT2D eigenvalue weighted by Crippen LogP contribution is -2.21. The van der Waals surface area contributed by atoms with E-state index in [9.17, 15) is 13.6 Å². The second kappa shape index (κ2) is 4.94. The Morgan fingerprint density at radius 2 is 1.87 bits per heavy atom. The highest BCUT2D eigenvalue weighted by Gasteiger charge is 2.28. The second-order valence-electron chi connectivity index (χ2n) is 5.92. The molecule has 2 heterocycles. The Kier molecular flexibility index (Phi) is 3.01. The molecule has 0 aliphatic heterocycles. The first kappa shape index (κ1) is 14.0. The molecule has 0 fully saturated rings. The Labute approximate surface area is 130 Å². The van der Waals surface area contributed by atoms with Gasteiger partial charge in [-0.2, -0.15) is 5.10 Å². The molecule has 0 saturated heterocycles. The SMILES string of the molecule is Cc1cc2nc3c(cn2n1)C(=O)CC(c1cc(F)cc(F)c1)C3. The van der Waals surface area contributed by atoms with E-state index in [1.54, 1.807) is 10.7 Å². The van der Waals surface area contributed by atoms with Crippen LogP contribution in [-0.4, -0.2) is 20.4 Å². The zero-order valence-electron chi connectivity index (χ0n) is 12.4. The highest BCUT2D eigenvalue weighted by molar-refractivity contribution is 5.98. The Hall–Kier alpha value is -2.63. The van der Waals surface area contributed by atoms with Crippen LogP contribution in [0.4, 0.5) is 8.78 Å². The van der Waals surface area contributed by atoms with Gasteiger partial charge in [-0.15, -0.1) is 0 Å². The van der Waals surface area contributed by atoms with Crippen LogP contribution in [-0.2, 0) is 6.42 Å². The molecule has 4 rings (SSSR count). The van der Waals surface area contributed by atoms with Crippen LogP contribution < -0.4 is 0 Å². The van der Waals surface area contributed by atoms with Gasteiger partial charge in [-0.3, -0.25) is 4.79 Å². The number of aromatic nitrogens is 3. The summed E-state index contributed by atoms with van der Waals surface area (Å²) in [5, 5.41) is 4.26. The molecule has 1 aromatic carbocycles. The average molecular weight is 313 g/mol. The fraction of sp³-hybridized carbons (Fsp3) is 0.235. The zero-order valence-corrected chi connectivity index (χ0v) is 12.4. The van der Waals surface area contributed by atoms with Crippen molar-refractivity contribution in [3.05, 3.63) is 64.6 Å². The smallest absolute Gasteiger partial charge is 0.166 e. The van der Waals surface area contributed by atoms with Gasteiger partial charge in [-0.25, -0.2) is 18.3 Å². The fourth-order valence-electron chi connectivity index (χ4n) is 3.15. The van der Waals surface area contributed by atoms with E-state index in [-0.39, 0.29) is 18.1 Å². The quantitative estimate of drug-likeness (QED) is 0.693. The van der Waals surface area contributed by atoms with E-state index in [2.05, 4.69) is 10.1 Å². The molecule has 4 nitrogen and oxygen atoms in total. The average Bonchev–Trinajstić information content (AvgIpc) is 2.83. The van der Waals surface area contributed by atoms with Crippen molar-refractivity contribution in [3.8, 4) is 0 Å². The van der Waals surface area contributed by atoms with Gasteiger partial charge in [0.15, 0.2) is 11.4 Å². The molecule has 1 aliphatic carbocycles. The monoisotopic (exact) mass is 313 g/mol. The number of fused-ring (bicyclic) bond motifs is 2. The van der Waals surface area contributed by atoms with Crippen molar-refractivity contribution < 1.29 is 13.6 Å². The maximum Gasteiger partial charge on any atom is 0.166 e. The third-order valence-electron chi connectivity index (χ3n) is 4.18. The van der Waals surface area contributed by atoms with Crippen LogP contribution in [0.5, 0.6) is 0 Å². The topological polar surface area (TPSA) is 47.3 Å². The molecule has 6 heteroatoms. The first-order chi connectivity index (χ1) is 11.0. The van der Waals surface area contributed by atoms with E-state index < -0.39 is 11.6 Å². The van der Waals surface area contributed by atoms with Gasteiger partial charge in [0.1, 0.15) is 11.6 Å². The van der Waals surface area contributed by atoms with Gasteiger partial charge < -0.3 is 0 Å². The number of aryl methyl sites for hydroxylation is 1. The lowest BCUT2D eigenvalue weighted by molar-refractivity contribution is 0.0962. The summed E-state index contributed by atoms with van der Waals surface area (Å²) in [5.74, 6) is -1.61.